The maximum absolute atomic E-state index is 14.7. The Balaban J connectivity index is 1.48. The van der Waals surface area contributed by atoms with Crippen LogP contribution in [0.2, 0.25) is 0 Å². The van der Waals surface area contributed by atoms with Gasteiger partial charge >= 0.3 is 5.97 Å². The van der Waals surface area contributed by atoms with Gasteiger partial charge in [-0.15, -0.1) is 0 Å². The third-order valence-corrected chi connectivity index (χ3v) is 9.19. The Labute approximate surface area is 237 Å². The zero-order chi connectivity index (χ0) is 30.1. The van der Waals surface area contributed by atoms with Crippen molar-refractivity contribution in [3.05, 3.63) is 34.4 Å². The Morgan fingerprint density at radius 3 is 2.50 bits per heavy atom. The van der Waals surface area contributed by atoms with Crippen LogP contribution in [0.25, 0.3) is 10.8 Å². The van der Waals surface area contributed by atoms with E-state index in [0.29, 0.717) is 0 Å². The lowest BCUT2D eigenvalue weighted by Crippen LogP contribution is -2.73. The first-order chi connectivity index (χ1) is 19.8. The van der Waals surface area contributed by atoms with Gasteiger partial charge in [-0.2, -0.15) is 0 Å². The van der Waals surface area contributed by atoms with Gasteiger partial charge in [-0.25, -0.2) is 0 Å². The van der Waals surface area contributed by atoms with Crippen molar-refractivity contribution in [3.63, 3.8) is 0 Å². The molecule has 0 unspecified atom stereocenters. The lowest BCUT2D eigenvalue weighted by molar-refractivity contribution is -0.291. The largest absolute Gasteiger partial charge is 0.507 e. The van der Waals surface area contributed by atoms with Gasteiger partial charge in [0.1, 0.15) is 24.0 Å². The molecule has 7 rings (SSSR count). The number of benzene rings is 2. The average molecular weight is 586 g/mol. The van der Waals surface area contributed by atoms with E-state index in [1.807, 2.05) is 0 Å². The molecule has 2 aromatic carbocycles. The highest BCUT2D eigenvalue weighted by atomic mass is 16.8. The van der Waals surface area contributed by atoms with Crippen molar-refractivity contribution in [2.75, 3.05) is 20.8 Å². The second-order valence-corrected chi connectivity index (χ2v) is 11.4. The van der Waals surface area contributed by atoms with Crippen molar-refractivity contribution in [3.8, 4) is 11.5 Å². The summed E-state index contributed by atoms with van der Waals surface area (Å²) in [6.07, 6.45) is -5.70. The fourth-order valence-corrected chi connectivity index (χ4v) is 7.18. The molecule has 1 amide bonds. The standard InChI is InChI=1S/C28H27NO13/c1-10-21(33)15(31)6-17(40-10)42-26-9-39-27(38-3)7-16(32)41-28(26,27)24(36)20-12(23(26)35)4-11-5-14(30)19-13(18(11)22(20)34)8-29(2)25(19)37/h4-5,10,15,17,21,30-31,33-34H,6-9H2,1-3H3/t10-,15-,17+,21+,26+,27+,28+/m1/s1. The number of Topliss-reactive ketones (excluding diaryl/α,β-unsaturated/α-hetero) is 2. The summed E-state index contributed by atoms with van der Waals surface area (Å²) in [6, 6.07) is 2.50. The van der Waals surface area contributed by atoms with Crippen molar-refractivity contribution in [1.82, 2.24) is 4.90 Å². The highest BCUT2D eigenvalue weighted by Crippen LogP contribution is 2.61. The molecule has 14 nitrogen and oxygen atoms in total. The molecular weight excluding hydrogens is 558 g/mol. The van der Waals surface area contributed by atoms with E-state index in [1.54, 1.807) is 0 Å². The summed E-state index contributed by atoms with van der Waals surface area (Å²) in [6.45, 7) is 0.868. The Morgan fingerprint density at radius 1 is 1.07 bits per heavy atom. The number of hydrogen-bond acceptors (Lipinski definition) is 13. The number of carbonyl (C=O) groups excluding carboxylic acids is 4. The zero-order valence-electron chi connectivity index (χ0n) is 22.7. The van der Waals surface area contributed by atoms with Gasteiger partial charge in [-0.1, -0.05) is 0 Å². The fourth-order valence-electron chi connectivity index (χ4n) is 7.18. The van der Waals surface area contributed by atoms with E-state index >= 15 is 0 Å². The summed E-state index contributed by atoms with van der Waals surface area (Å²) in [5, 5.41) is 43.1. The van der Waals surface area contributed by atoms with Crippen LogP contribution in [0, 0.1) is 0 Å². The number of amides is 1. The molecule has 0 saturated carbocycles. The van der Waals surface area contributed by atoms with E-state index in [1.165, 1.54) is 38.1 Å². The molecule has 0 bridgehead atoms. The molecule has 2 aromatic rings. The summed E-state index contributed by atoms with van der Waals surface area (Å²) in [4.78, 5) is 56.1. The molecule has 42 heavy (non-hydrogen) atoms. The van der Waals surface area contributed by atoms with Crippen LogP contribution in [0.4, 0.5) is 0 Å². The summed E-state index contributed by atoms with van der Waals surface area (Å²) in [7, 11) is 2.68. The minimum Gasteiger partial charge on any atom is -0.507 e. The van der Waals surface area contributed by atoms with Crippen LogP contribution < -0.4 is 0 Å². The first kappa shape index (κ1) is 27.2. The van der Waals surface area contributed by atoms with Crippen LogP contribution in [0.1, 0.15) is 56.4 Å². The van der Waals surface area contributed by atoms with Crippen LogP contribution in [0.5, 0.6) is 11.5 Å². The lowest BCUT2D eigenvalue weighted by atomic mass is 9.64. The fraction of sp³-hybridized carbons (Fsp3) is 0.500. The number of phenols is 2. The van der Waals surface area contributed by atoms with Gasteiger partial charge in [-0.05, 0) is 30.0 Å². The summed E-state index contributed by atoms with van der Waals surface area (Å²) >= 11 is 0. The summed E-state index contributed by atoms with van der Waals surface area (Å²) in [5.41, 5.74) is -5.54. The van der Waals surface area contributed by atoms with Crippen molar-refractivity contribution in [2.45, 2.75) is 67.9 Å². The third kappa shape index (κ3) is 2.98. The quantitative estimate of drug-likeness (QED) is 0.348. The average Bonchev–Trinajstić information content (AvgIpc) is 3.50. The molecule has 1 spiro atoms. The Hall–Kier alpha value is -3.66. The Kier molecular flexibility index (Phi) is 5.48. The maximum atomic E-state index is 14.7. The number of methoxy groups -OCH3 is 1. The van der Waals surface area contributed by atoms with Crippen molar-refractivity contribution in [1.29, 1.82) is 0 Å². The molecule has 5 aliphatic rings. The van der Waals surface area contributed by atoms with E-state index in [4.69, 9.17) is 23.7 Å². The van der Waals surface area contributed by atoms with Gasteiger partial charge in [-0.3, -0.25) is 19.2 Å². The van der Waals surface area contributed by atoms with E-state index < -0.39 is 89.4 Å². The van der Waals surface area contributed by atoms with Gasteiger partial charge in [0.15, 0.2) is 6.29 Å². The monoisotopic (exact) mass is 585 g/mol. The van der Waals surface area contributed by atoms with E-state index in [-0.39, 0.29) is 46.2 Å². The molecule has 14 heteroatoms. The minimum absolute atomic E-state index is 0.0111. The van der Waals surface area contributed by atoms with Gasteiger partial charge < -0.3 is 49.0 Å². The molecule has 3 saturated heterocycles. The van der Waals surface area contributed by atoms with Crippen LogP contribution >= 0.6 is 0 Å². The molecule has 222 valence electrons. The zero-order valence-corrected chi connectivity index (χ0v) is 22.7. The second kappa shape index (κ2) is 8.46. The molecule has 4 N–H and O–H groups in total. The number of rotatable bonds is 3. The SMILES string of the molecule is CO[C@]12CC(=O)O[C@]13C(=O)c1c(cc4cc(O)c5c(c4c1O)CN(C)C5=O)C(=O)[C@@]3(O[C@H]1C[C@@H](O)[C@@H](O)[C@@H](C)O1)CO2. The number of aliphatic hydroxyl groups is 2. The normalized spacial score (nSPS) is 37.1. The molecule has 0 radical (unpaired) electrons. The first-order valence-electron chi connectivity index (χ1n) is 13.3. The smallest absolute Gasteiger partial charge is 0.312 e. The van der Waals surface area contributed by atoms with Gasteiger partial charge in [0.2, 0.25) is 23.0 Å². The van der Waals surface area contributed by atoms with Gasteiger partial charge in [0.25, 0.3) is 11.5 Å². The van der Waals surface area contributed by atoms with E-state index in [2.05, 4.69) is 0 Å². The number of aromatic hydroxyl groups is 2. The van der Waals surface area contributed by atoms with Crippen molar-refractivity contribution >= 4 is 34.2 Å². The van der Waals surface area contributed by atoms with Crippen molar-refractivity contribution in [2.24, 2.45) is 0 Å². The van der Waals surface area contributed by atoms with E-state index in [9.17, 15) is 39.6 Å². The molecule has 7 atom stereocenters. The van der Waals surface area contributed by atoms with Crippen LogP contribution in [0.15, 0.2) is 12.1 Å². The number of hydrogen-bond donors (Lipinski definition) is 4. The van der Waals surface area contributed by atoms with Crippen LogP contribution in [-0.4, -0.2) is 111 Å². The number of fused-ring (bicyclic) bond motifs is 4. The van der Waals surface area contributed by atoms with Crippen LogP contribution in [0.3, 0.4) is 0 Å². The highest BCUT2D eigenvalue weighted by molar-refractivity contribution is 6.28. The molecule has 4 aliphatic heterocycles. The summed E-state index contributed by atoms with van der Waals surface area (Å²) in [5.74, 6) is -6.51. The molecule has 0 aromatic heterocycles. The second-order valence-electron chi connectivity index (χ2n) is 11.4. The predicted octanol–water partition coefficient (Wildman–Crippen LogP) is -0.114. The predicted molar refractivity (Wildman–Crippen MR) is 136 cm³/mol. The Bertz CT molecular complexity index is 1630. The Morgan fingerprint density at radius 2 is 1.81 bits per heavy atom. The number of ketones is 2. The molecule has 4 heterocycles. The lowest BCUT2D eigenvalue weighted by Gasteiger charge is -2.48. The summed E-state index contributed by atoms with van der Waals surface area (Å²) < 4.78 is 29.1. The minimum atomic E-state index is -2.57. The third-order valence-electron chi connectivity index (χ3n) is 9.19. The van der Waals surface area contributed by atoms with Crippen LogP contribution in [-0.2, 0) is 35.0 Å². The van der Waals surface area contributed by atoms with Crippen molar-refractivity contribution < 1.29 is 63.3 Å². The van der Waals surface area contributed by atoms with Gasteiger partial charge in [0, 0.05) is 38.1 Å². The number of esters is 1. The molecule has 1 aliphatic carbocycles. The molecular formula is C28H27NO13. The van der Waals surface area contributed by atoms with E-state index in [0.717, 1.165) is 0 Å². The topological polar surface area (TPSA) is 199 Å². The number of nitrogens with zero attached hydrogens (tertiary/aromatic N) is 1. The number of aliphatic hydroxyl groups excluding tert-OH is 2. The highest BCUT2D eigenvalue weighted by Gasteiger charge is 2.86. The number of ether oxygens (including phenoxy) is 5. The number of carbonyl (C=O) groups is 4. The molecule has 3 fully saturated rings. The maximum Gasteiger partial charge on any atom is 0.312 e. The number of phenolic OH excluding ortho intramolecular Hbond substituents is 2. The van der Waals surface area contributed by atoms with Gasteiger partial charge in [0.05, 0.1) is 29.9 Å². The first-order valence-corrected chi connectivity index (χ1v) is 13.3.